The van der Waals surface area contributed by atoms with Crippen LogP contribution in [-0.4, -0.2) is 7.11 Å². The van der Waals surface area contributed by atoms with Gasteiger partial charge in [-0.1, -0.05) is 24.3 Å². The van der Waals surface area contributed by atoms with Crippen molar-refractivity contribution in [3.63, 3.8) is 0 Å². The number of fused-ring (bicyclic) bond motifs is 1. The van der Waals surface area contributed by atoms with Crippen molar-refractivity contribution in [2.75, 3.05) is 7.11 Å². The van der Waals surface area contributed by atoms with Gasteiger partial charge in [-0.3, -0.25) is 0 Å². The van der Waals surface area contributed by atoms with Gasteiger partial charge in [0.25, 0.3) is 0 Å². The summed E-state index contributed by atoms with van der Waals surface area (Å²) in [5.74, 6) is -0.808. The van der Waals surface area contributed by atoms with Gasteiger partial charge in [-0.2, -0.15) is 0 Å². The molecule has 24 heavy (non-hydrogen) atoms. The largest absolute Gasteiger partial charge is 0.497 e. The maximum absolute atomic E-state index is 13.3. The van der Waals surface area contributed by atoms with E-state index in [0.717, 1.165) is 33.7 Å². The minimum atomic E-state index is -0.823. The summed E-state index contributed by atoms with van der Waals surface area (Å²) >= 11 is 0. The highest BCUT2D eigenvalue weighted by atomic mass is 19.2. The summed E-state index contributed by atoms with van der Waals surface area (Å²) in [5, 5.41) is 5.59. The van der Waals surface area contributed by atoms with Crippen molar-refractivity contribution in [1.29, 1.82) is 0 Å². The van der Waals surface area contributed by atoms with Gasteiger partial charge in [0.1, 0.15) is 5.75 Å². The molecule has 1 N–H and O–H groups in total. The van der Waals surface area contributed by atoms with E-state index in [1.54, 1.807) is 13.2 Å². The fourth-order valence-electron chi connectivity index (χ4n) is 2.68. The molecule has 4 heteroatoms. The molecule has 0 aliphatic heterocycles. The van der Waals surface area contributed by atoms with E-state index in [4.69, 9.17) is 4.74 Å². The smallest absolute Gasteiger partial charge is 0.159 e. The van der Waals surface area contributed by atoms with E-state index >= 15 is 0 Å². The maximum atomic E-state index is 13.3. The fraction of sp³-hybridized carbons (Fsp3) is 0.200. The second-order valence-corrected chi connectivity index (χ2v) is 5.82. The lowest BCUT2D eigenvalue weighted by Gasteiger charge is -2.15. The zero-order valence-electron chi connectivity index (χ0n) is 13.6. The zero-order valence-corrected chi connectivity index (χ0v) is 13.6. The summed E-state index contributed by atoms with van der Waals surface area (Å²) in [7, 11) is 1.65. The molecule has 0 unspecified atom stereocenters. The fourth-order valence-corrected chi connectivity index (χ4v) is 2.68. The molecule has 124 valence electrons. The van der Waals surface area contributed by atoms with Crippen LogP contribution >= 0.6 is 0 Å². The first kappa shape index (κ1) is 16.4. The third-order valence-electron chi connectivity index (χ3n) is 4.17. The van der Waals surface area contributed by atoms with Gasteiger partial charge in [-0.25, -0.2) is 8.78 Å². The minimum absolute atomic E-state index is 0.0772. The quantitative estimate of drug-likeness (QED) is 0.714. The van der Waals surface area contributed by atoms with Gasteiger partial charge in [0.15, 0.2) is 11.6 Å². The standard InChI is InChI=1S/C20H19F2NO/c1-13(15-6-8-19(21)20(22)11-15)23-12-14-3-4-17-10-18(24-2)7-5-16(17)9-14/h3-11,13,23H,12H2,1-2H3/t13-/m1/s1. The first-order valence-electron chi connectivity index (χ1n) is 7.82. The van der Waals surface area contributed by atoms with Crippen LogP contribution < -0.4 is 10.1 Å². The van der Waals surface area contributed by atoms with E-state index in [1.165, 1.54) is 6.07 Å². The molecule has 0 fully saturated rings. The Morgan fingerprint density at radius 2 is 1.67 bits per heavy atom. The number of rotatable bonds is 5. The average molecular weight is 327 g/mol. The summed E-state index contributed by atoms with van der Waals surface area (Å²) in [6.45, 7) is 2.57. The van der Waals surface area contributed by atoms with Gasteiger partial charge in [-0.15, -0.1) is 0 Å². The molecule has 3 rings (SSSR count). The Morgan fingerprint density at radius 1 is 0.917 bits per heavy atom. The molecule has 0 heterocycles. The Hall–Kier alpha value is -2.46. The lowest BCUT2D eigenvalue weighted by molar-refractivity contribution is 0.415. The average Bonchev–Trinajstić information content (AvgIpc) is 2.61. The third-order valence-corrected chi connectivity index (χ3v) is 4.17. The number of halogens is 2. The van der Waals surface area contributed by atoms with Crippen LogP contribution in [-0.2, 0) is 6.54 Å². The van der Waals surface area contributed by atoms with Crippen LogP contribution in [0.5, 0.6) is 5.75 Å². The molecule has 0 spiro atoms. The summed E-state index contributed by atoms with van der Waals surface area (Å²) in [5.41, 5.74) is 1.85. The number of ether oxygens (including phenoxy) is 1. The van der Waals surface area contributed by atoms with Gasteiger partial charge in [-0.05, 0) is 59.2 Å². The van der Waals surface area contributed by atoms with Gasteiger partial charge in [0, 0.05) is 12.6 Å². The molecule has 2 nitrogen and oxygen atoms in total. The second-order valence-electron chi connectivity index (χ2n) is 5.82. The summed E-state index contributed by atoms with van der Waals surface area (Å²) < 4.78 is 31.6. The molecule has 0 radical (unpaired) electrons. The molecule has 0 aliphatic rings. The lowest BCUT2D eigenvalue weighted by atomic mass is 10.1. The van der Waals surface area contributed by atoms with Crippen molar-refractivity contribution in [3.05, 3.63) is 77.4 Å². The first-order valence-corrected chi connectivity index (χ1v) is 7.82. The lowest BCUT2D eigenvalue weighted by Crippen LogP contribution is -2.18. The van der Waals surface area contributed by atoms with E-state index in [1.807, 2.05) is 31.2 Å². The number of hydrogen-bond donors (Lipinski definition) is 1. The minimum Gasteiger partial charge on any atom is -0.497 e. The molecule has 0 bridgehead atoms. The molecule has 3 aromatic carbocycles. The highest BCUT2D eigenvalue weighted by Gasteiger charge is 2.09. The van der Waals surface area contributed by atoms with Crippen molar-refractivity contribution in [1.82, 2.24) is 5.32 Å². The van der Waals surface area contributed by atoms with Crippen LogP contribution in [0.25, 0.3) is 10.8 Å². The van der Waals surface area contributed by atoms with E-state index in [0.29, 0.717) is 6.54 Å². The van der Waals surface area contributed by atoms with Crippen LogP contribution in [0.1, 0.15) is 24.1 Å². The summed E-state index contributed by atoms with van der Waals surface area (Å²) in [6, 6.07) is 16.1. The number of benzene rings is 3. The van der Waals surface area contributed by atoms with Gasteiger partial charge in [0.2, 0.25) is 0 Å². The van der Waals surface area contributed by atoms with Gasteiger partial charge >= 0.3 is 0 Å². The first-order chi connectivity index (χ1) is 11.6. The molecule has 3 aromatic rings. The number of methoxy groups -OCH3 is 1. The van der Waals surface area contributed by atoms with Crippen LogP contribution in [0, 0.1) is 11.6 Å². The third kappa shape index (κ3) is 3.54. The highest BCUT2D eigenvalue weighted by molar-refractivity contribution is 5.84. The van der Waals surface area contributed by atoms with Crippen molar-refractivity contribution in [3.8, 4) is 5.75 Å². The normalized spacial score (nSPS) is 12.3. The zero-order chi connectivity index (χ0) is 17.1. The van der Waals surface area contributed by atoms with Crippen molar-refractivity contribution in [2.24, 2.45) is 0 Å². The Kier molecular flexibility index (Phi) is 4.76. The van der Waals surface area contributed by atoms with E-state index in [-0.39, 0.29) is 6.04 Å². The molecule has 0 amide bonds. The van der Waals surface area contributed by atoms with Crippen molar-refractivity contribution < 1.29 is 13.5 Å². The molecule has 0 aliphatic carbocycles. The monoisotopic (exact) mass is 327 g/mol. The second kappa shape index (κ2) is 6.97. The van der Waals surface area contributed by atoms with E-state index in [9.17, 15) is 8.78 Å². The molecule has 1 atom stereocenters. The predicted molar refractivity (Wildman–Crippen MR) is 92.1 cm³/mol. The van der Waals surface area contributed by atoms with Crippen LogP contribution in [0.2, 0.25) is 0 Å². The van der Waals surface area contributed by atoms with Gasteiger partial charge < -0.3 is 10.1 Å². The number of hydrogen-bond acceptors (Lipinski definition) is 2. The topological polar surface area (TPSA) is 21.3 Å². The van der Waals surface area contributed by atoms with Crippen molar-refractivity contribution >= 4 is 10.8 Å². The van der Waals surface area contributed by atoms with E-state index < -0.39 is 11.6 Å². The van der Waals surface area contributed by atoms with E-state index in [2.05, 4.69) is 17.4 Å². The molecule has 0 aromatic heterocycles. The molecule has 0 saturated heterocycles. The molecule has 0 saturated carbocycles. The predicted octanol–water partition coefficient (Wildman–Crippen LogP) is 4.98. The van der Waals surface area contributed by atoms with Crippen molar-refractivity contribution in [2.45, 2.75) is 19.5 Å². The Balaban J connectivity index is 1.71. The molecular weight excluding hydrogens is 308 g/mol. The number of nitrogens with one attached hydrogen (secondary N) is 1. The van der Waals surface area contributed by atoms with Crippen LogP contribution in [0.15, 0.2) is 54.6 Å². The highest BCUT2D eigenvalue weighted by Crippen LogP contribution is 2.22. The van der Waals surface area contributed by atoms with Crippen LogP contribution in [0.4, 0.5) is 8.78 Å². The Morgan fingerprint density at radius 3 is 2.42 bits per heavy atom. The Labute approximate surface area is 140 Å². The summed E-state index contributed by atoms with van der Waals surface area (Å²) in [6.07, 6.45) is 0. The summed E-state index contributed by atoms with van der Waals surface area (Å²) in [4.78, 5) is 0. The van der Waals surface area contributed by atoms with Gasteiger partial charge in [0.05, 0.1) is 7.11 Å². The van der Waals surface area contributed by atoms with Crippen LogP contribution in [0.3, 0.4) is 0 Å². The Bertz CT molecular complexity index is 863. The SMILES string of the molecule is COc1ccc2cc(CN[C@H](C)c3ccc(F)c(F)c3)ccc2c1. The molecular formula is C20H19F2NO. The maximum Gasteiger partial charge on any atom is 0.159 e.